The first-order chi connectivity index (χ1) is 10.4. The zero-order valence-corrected chi connectivity index (χ0v) is 12.3. The predicted octanol–water partition coefficient (Wildman–Crippen LogP) is 0.791. The van der Waals surface area contributed by atoms with E-state index in [1.54, 1.807) is 38.3 Å². The minimum absolute atomic E-state index is 0.163. The lowest BCUT2D eigenvalue weighted by Gasteiger charge is -2.13. The van der Waals surface area contributed by atoms with Gasteiger partial charge in [-0.2, -0.15) is 0 Å². The molecule has 0 bridgehead atoms. The van der Waals surface area contributed by atoms with E-state index in [2.05, 4.69) is 0 Å². The molecule has 7 heteroatoms. The van der Waals surface area contributed by atoms with Gasteiger partial charge < -0.3 is 9.84 Å². The highest BCUT2D eigenvalue weighted by Crippen LogP contribution is 2.14. The Kier molecular flexibility index (Phi) is 4.45. The molecule has 0 unspecified atom stereocenters. The van der Waals surface area contributed by atoms with Crippen LogP contribution in [0.3, 0.4) is 0 Å². The summed E-state index contributed by atoms with van der Waals surface area (Å²) in [6.45, 7) is 1.48. The number of aromatic nitrogens is 2. The van der Waals surface area contributed by atoms with Crippen LogP contribution in [0.1, 0.15) is 12.1 Å². The van der Waals surface area contributed by atoms with Crippen LogP contribution in [-0.2, 0) is 11.3 Å². The average molecular weight is 304 g/mol. The Balaban J connectivity index is 2.55. The molecule has 1 aromatic carbocycles. The number of benzene rings is 1. The lowest BCUT2D eigenvalue weighted by atomic mass is 10.3. The van der Waals surface area contributed by atoms with Gasteiger partial charge in [-0.25, -0.2) is 4.79 Å². The van der Waals surface area contributed by atoms with Crippen molar-refractivity contribution >= 4 is 5.97 Å². The monoisotopic (exact) mass is 304 g/mol. The molecule has 116 valence electrons. The summed E-state index contributed by atoms with van der Waals surface area (Å²) in [5.74, 6) is -0.420. The Morgan fingerprint density at radius 3 is 2.41 bits per heavy atom. The Morgan fingerprint density at radius 1 is 1.23 bits per heavy atom. The van der Waals surface area contributed by atoms with Crippen LogP contribution in [-0.4, -0.2) is 27.3 Å². The van der Waals surface area contributed by atoms with Crippen molar-refractivity contribution in [1.29, 1.82) is 0 Å². The van der Waals surface area contributed by atoms with Gasteiger partial charge in [0.2, 0.25) is 0 Å². The molecule has 0 saturated carbocycles. The largest absolute Gasteiger partial charge is 0.497 e. The minimum atomic E-state index is -1.07. The lowest BCUT2D eigenvalue weighted by molar-refractivity contribution is -0.137. The van der Waals surface area contributed by atoms with Crippen molar-refractivity contribution in [3.05, 3.63) is 56.9 Å². The number of carboxylic acids is 1. The van der Waals surface area contributed by atoms with Crippen LogP contribution in [0.15, 0.2) is 39.9 Å². The average Bonchev–Trinajstić information content (AvgIpc) is 2.47. The van der Waals surface area contributed by atoms with Gasteiger partial charge in [-0.3, -0.25) is 18.7 Å². The third-order valence-corrected chi connectivity index (χ3v) is 3.25. The number of aliphatic carboxylic acids is 1. The molecule has 1 N–H and O–H groups in total. The van der Waals surface area contributed by atoms with Gasteiger partial charge in [-0.05, 0) is 31.2 Å². The van der Waals surface area contributed by atoms with E-state index in [4.69, 9.17) is 9.84 Å². The second-order valence-electron chi connectivity index (χ2n) is 4.74. The predicted molar refractivity (Wildman–Crippen MR) is 79.8 cm³/mol. The van der Waals surface area contributed by atoms with Crippen molar-refractivity contribution in [2.24, 2.45) is 0 Å². The van der Waals surface area contributed by atoms with E-state index in [9.17, 15) is 14.4 Å². The van der Waals surface area contributed by atoms with E-state index in [1.807, 2.05) is 0 Å². The molecule has 0 aliphatic heterocycles. The van der Waals surface area contributed by atoms with E-state index >= 15 is 0 Å². The highest BCUT2D eigenvalue weighted by molar-refractivity contribution is 5.66. The van der Waals surface area contributed by atoms with Crippen LogP contribution in [0.5, 0.6) is 5.75 Å². The van der Waals surface area contributed by atoms with E-state index in [-0.39, 0.29) is 13.0 Å². The maximum absolute atomic E-state index is 12.5. The third kappa shape index (κ3) is 3.08. The number of ether oxygens (including phenoxy) is 1. The van der Waals surface area contributed by atoms with Gasteiger partial charge in [0.25, 0.3) is 5.56 Å². The van der Waals surface area contributed by atoms with Gasteiger partial charge in [0.15, 0.2) is 0 Å². The maximum atomic E-state index is 12.5. The second kappa shape index (κ2) is 6.30. The van der Waals surface area contributed by atoms with Crippen LogP contribution in [0, 0.1) is 6.92 Å². The van der Waals surface area contributed by atoms with E-state index in [0.29, 0.717) is 17.1 Å². The van der Waals surface area contributed by atoms with E-state index in [1.165, 1.54) is 10.6 Å². The first-order valence-electron chi connectivity index (χ1n) is 6.63. The molecule has 0 radical (unpaired) electrons. The van der Waals surface area contributed by atoms with Gasteiger partial charge in [0, 0.05) is 18.3 Å². The zero-order valence-electron chi connectivity index (χ0n) is 12.3. The minimum Gasteiger partial charge on any atom is -0.497 e. The molecule has 0 fully saturated rings. The molecule has 22 heavy (non-hydrogen) atoms. The molecular weight excluding hydrogens is 288 g/mol. The van der Waals surface area contributed by atoms with Crippen molar-refractivity contribution in [2.45, 2.75) is 19.9 Å². The van der Waals surface area contributed by atoms with Crippen molar-refractivity contribution in [2.75, 3.05) is 7.11 Å². The molecular formula is C15H16N2O5. The number of nitrogens with zero attached hydrogens (tertiary/aromatic N) is 2. The summed E-state index contributed by atoms with van der Waals surface area (Å²) in [5, 5.41) is 8.72. The molecule has 0 amide bonds. The Labute approximate surface area is 126 Å². The summed E-state index contributed by atoms with van der Waals surface area (Å²) < 4.78 is 7.35. The molecule has 0 atom stereocenters. The summed E-state index contributed by atoms with van der Waals surface area (Å²) in [5.41, 5.74) is -0.0101. The van der Waals surface area contributed by atoms with Crippen LogP contribution >= 0.6 is 0 Å². The molecule has 2 aromatic rings. The zero-order chi connectivity index (χ0) is 16.3. The fourth-order valence-corrected chi connectivity index (χ4v) is 2.15. The van der Waals surface area contributed by atoms with Crippen molar-refractivity contribution in [3.63, 3.8) is 0 Å². The molecule has 0 aliphatic rings. The van der Waals surface area contributed by atoms with Crippen molar-refractivity contribution < 1.29 is 14.6 Å². The second-order valence-corrected chi connectivity index (χ2v) is 4.74. The molecule has 1 aromatic heterocycles. The van der Waals surface area contributed by atoms with Crippen LogP contribution in [0.4, 0.5) is 0 Å². The van der Waals surface area contributed by atoms with Gasteiger partial charge in [0.05, 0.1) is 19.2 Å². The number of aryl methyl sites for hydroxylation is 1. The van der Waals surface area contributed by atoms with Crippen LogP contribution in [0.2, 0.25) is 0 Å². The van der Waals surface area contributed by atoms with Crippen LogP contribution in [0.25, 0.3) is 5.69 Å². The quantitative estimate of drug-likeness (QED) is 0.882. The molecule has 2 rings (SSSR count). The van der Waals surface area contributed by atoms with E-state index < -0.39 is 17.2 Å². The molecule has 7 nitrogen and oxygen atoms in total. The van der Waals surface area contributed by atoms with E-state index in [0.717, 1.165) is 4.57 Å². The number of hydrogen-bond acceptors (Lipinski definition) is 4. The molecule has 0 spiro atoms. The highest BCUT2D eigenvalue weighted by atomic mass is 16.5. The van der Waals surface area contributed by atoms with Crippen molar-refractivity contribution in [1.82, 2.24) is 9.13 Å². The Hall–Kier alpha value is -2.83. The van der Waals surface area contributed by atoms with Gasteiger partial charge in [0.1, 0.15) is 5.75 Å². The summed E-state index contributed by atoms with van der Waals surface area (Å²) in [6.07, 6.45) is -0.291. The summed E-state index contributed by atoms with van der Waals surface area (Å²) in [4.78, 5) is 35.0. The van der Waals surface area contributed by atoms with Gasteiger partial charge >= 0.3 is 11.7 Å². The fraction of sp³-hybridized carbons (Fsp3) is 0.267. The third-order valence-electron chi connectivity index (χ3n) is 3.25. The Bertz CT molecular complexity index is 802. The number of methoxy groups -OCH3 is 1. The summed E-state index contributed by atoms with van der Waals surface area (Å²) in [6, 6.07) is 8.10. The first kappa shape index (κ1) is 15.6. The normalized spacial score (nSPS) is 10.5. The smallest absolute Gasteiger partial charge is 0.335 e. The number of hydrogen-bond donors (Lipinski definition) is 1. The maximum Gasteiger partial charge on any atom is 0.335 e. The highest BCUT2D eigenvalue weighted by Gasteiger charge is 2.11. The standard InChI is InChI=1S/C15H16N2O5/c1-10-9-13(18)16(8-7-14(19)20)15(21)17(10)11-3-5-12(22-2)6-4-11/h3-6,9H,7-8H2,1-2H3,(H,19,20). The number of carbonyl (C=O) groups is 1. The van der Waals surface area contributed by atoms with Gasteiger partial charge in [-0.15, -0.1) is 0 Å². The molecule has 0 aliphatic carbocycles. The lowest BCUT2D eigenvalue weighted by Crippen LogP contribution is -2.40. The van der Waals surface area contributed by atoms with Crippen LogP contribution < -0.4 is 16.0 Å². The summed E-state index contributed by atoms with van der Waals surface area (Å²) in [7, 11) is 1.54. The van der Waals surface area contributed by atoms with Crippen molar-refractivity contribution in [3.8, 4) is 11.4 Å². The first-order valence-corrected chi connectivity index (χ1v) is 6.63. The fourth-order valence-electron chi connectivity index (χ4n) is 2.15. The Morgan fingerprint density at radius 2 is 1.86 bits per heavy atom. The molecule has 0 saturated heterocycles. The van der Waals surface area contributed by atoms with Gasteiger partial charge in [-0.1, -0.05) is 0 Å². The summed E-state index contributed by atoms with van der Waals surface area (Å²) >= 11 is 0. The number of carboxylic acid groups (broad SMARTS) is 1. The molecule has 1 heterocycles. The SMILES string of the molecule is COc1ccc(-n2c(C)cc(=O)n(CCC(=O)O)c2=O)cc1. The topological polar surface area (TPSA) is 90.5 Å². The number of rotatable bonds is 5.